The predicted molar refractivity (Wildman–Crippen MR) is 81.0 cm³/mol. The zero-order valence-corrected chi connectivity index (χ0v) is 14.8. The molecular formula is C15H23NO9. The second kappa shape index (κ2) is 9.33. The Hall–Kier alpha value is -2.20. The number of esters is 3. The van der Waals surface area contributed by atoms with Crippen LogP contribution in [0, 0.1) is 0 Å². The average molecular weight is 361 g/mol. The molecule has 10 nitrogen and oxygen atoms in total. The molecule has 0 aromatic carbocycles. The molecule has 142 valence electrons. The number of carbonyl (C=O) groups is 4. The van der Waals surface area contributed by atoms with E-state index < -0.39 is 48.6 Å². The summed E-state index contributed by atoms with van der Waals surface area (Å²) in [5.41, 5.74) is 0. The molecule has 1 rings (SSSR count). The summed E-state index contributed by atoms with van der Waals surface area (Å²) in [6, 6.07) is 0. The molecule has 1 aliphatic rings. The fraction of sp³-hybridized carbons (Fsp3) is 0.733. The molecule has 5 atom stereocenters. The SMILES string of the molecule is COC1OC(CNC(C)=O)C(OC(C)=O)C(OC(C)=O)C1OC(C)=O. The lowest BCUT2D eigenvalue weighted by Crippen LogP contribution is -2.63. The summed E-state index contributed by atoms with van der Waals surface area (Å²) in [5, 5.41) is 2.53. The number of ether oxygens (including phenoxy) is 5. The Balaban J connectivity index is 3.18. The minimum Gasteiger partial charge on any atom is -0.456 e. The average Bonchev–Trinajstić information content (AvgIpc) is 2.48. The van der Waals surface area contributed by atoms with E-state index in [1.165, 1.54) is 27.9 Å². The van der Waals surface area contributed by atoms with E-state index in [-0.39, 0.29) is 12.5 Å². The Kier molecular flexibility index (Phi) is 7.78. The first-order valence-electron chi connectivity index (χ1n) is 7.60. The van der Waals surface area contributed by atoms with Crippen molar-refractivity contribution in [2.24, 2.45) is 0 Å². The molecule has 1 aliphatic heterocycles. The number of hydrogen-bond donors (Lipinski definition) is 1. The standard InChI is InChI=1S/C15H23NO9/c1-7(17)16-6-11-12(22-8(2)18)13(23-9(3)19)14(24-10(4)20)15(21-5)25-11/h11-15H,6H2,1-5H3,(H,16,17). The number of hydrogen-bond acceptors (Lipinski definition) is 9. The summed E-state index contributed by atoms with van der Waals surface area (Å²) in [6.45, 7) is 4.78. The van der Waals surface area contributed by atoms with Crippen LogP contribution >= 0.6 is 0 Å². The fourth-order valence-electron chi connectivity index (χ4n) is 2.45. The van der Waals surface area contributed by atoms with Gasteiger partial charge in [-0.15, -0.1) is 0 Å². The molecule has 25 heavy (non-hydrogen) atoms. The summed E-state index contributed by atoms with van der Waals surface area (Å²) in [4.78, 5) is 45.5. The molecule has 0 radical (unpaired) electrons. The molecule has 1 saturated heterocycles. The van der Waals surface area contributed by atoms with Crippen molar-refractivity contribution in [1.82, 2.24) is 5.32 Å². The van der Waals surface area contributed by atoms with Gasteiger partial charge in [0.05, 0.1) is 0 Å². The monoisotopic (exact) mass is 361 g/mol. The van der Waals surface area contributed by atoms with E-state index in [1.807, 2.05) is 0 Å². The molecule has 0 bridgehead atoms. The lowest BCUT2D eigenvalue weighted by atomic mass is 9.97. The molecular weight excluding hydrogens is 338 g/mol. The van der Waals surface area contributed by atoms with Crippen molar-refractivity contribution in [3.63, 3.8) is 0 Å². The molecule has 0 spiro atoms. The van der Waals surface area contributed by atoms with Crippen molar-refractivity contribution >= 4 is 23.8 Å². The lowest BCUT2D eigenvalue weighted by Gasteiger charge is -2.43. The number of nitrogens with one attached hydrogen (secondary N) is 1. The van der Waals surface area contributed by atoms with Crippen molar-refractivity contribution in [2.45, 2.75) is 58.4 Å². The minimum absolute atomic E-state index is 0.0301. The van der Waals surface area contributed by atoms with Crippen molar-refractivity contribution in [3.8, 4) is 0 Å². The van der Waals surface area contributed by atoms with Gasteiger partial charge in [0.15, 0.2) is 24.6 Å². The lowest BCUT2D eigenvalue weighted by molar-refractivity contribution is -0.296. The highest BCUT2D eigenvalue weighted by Crippen LogP contribution is 2.29. The largest absolute Gasteiger partial charge is 0.456 e. The van der Waals surface area contributed by atoms with Crippen LogP contribution in [-0.4, -0.2) is 68.2 Å². The maximum absolute atomic E-state index is 11.5. The molecule has 0 aromatic rings. The van der Waals surface area contributed by atoms with Gasteiger partial charge in [0.1, 0.15) is 6.10 Å². The van der Waals surface area contributed by atoms with Gasteiger partial charge in [0.2, 0.25) is 5.91 Å². The Bertz CT molecular complexity index is 521. The second-order valence-corrected chi connectivity index (χ2v) is 5.44. The normalized spacial score (nSPS) is 28.6. The van der Waals surface area contributed by atoms with Gasteiger partial charge in [0, 0.05) is 41.3 Å². The Morgan fingerprint density at radius 3 is 1.76 bits per heavy atom. The van der Waals surface area contributed by atoms with E-state index >= 15 is 0 Å². The highest BCUT2D eigenvalue weighted by molar-refractivity contribution is 5.73. The van der Waals surface area contributed by atoms with E-state index in [0.717, 1.165) is 6.92 Å². The quantitative estimate of drug-likeness (QED) is 0.482. The van der Waals surface area contributed by atoms with Crippen LogP contribution in [0.15, 0.2) is 0 Å². The first kappa shape index (κ1) is 20.8. The van der Waals surface area contributed by atoms with Gasteiger partial charge in [-0.25, -0.2) is 0 Å². The van der Waals surface area contributed by atoms with Crippen LogP contribution in [0.5, 0.6) is 0 Å². The zero-order chi connectivity index (χ0) is 19.1. The van der Waals surface area contributed by atoms with Crippen molar-refractivity contribution < 1.29 is 42.9 Å². The molecule has 5 unspecified atom stereocenters. The predicted octanol–water partition coefficient (Wildman–Crippen LogP) is -0.711. The molecule has 1 heterocycles. The maximum Gasteiger partial charge on any atom is 0.303 e. The van der Waals surface area contributed by atoms with Gasteiger partial charge in [-0.1, -0.05) is 0 Å². The van der Waals surface area contributed by atoms with Gasteiger partial charge in [-0.3, -0.25) is 19.2 Å². The summed E-state index contributed by atoms with van der Waals surface area (Å²) in [6.07, 6.45) is -5.39. The number of carbonyl (C=O) groups excluding carboxylic acids is 4. The first-order chi connectivity index (χ1) is 11.6. The summed E-state index contributed by atoms with van der Waals surface area (Å²) < 4.78 is 26.4. The van der Waals surface area contributed by atoms with E-state index in [4.69, 9.17) is 23.7 Å². The summed E-state index contributed by atoms with van der Waals surface area (Å²) in [7, 11) is 1.31. The van der Waals surface area contributed by atoms with E-state index in [0.29, 0.717) is 0 Å². The minimum atomic E-state index is -1.16. The van der Waals surface area contributed by atoms with Gasteiger partial charge in [-0.2, -0.15) is 0 Å². The summed E-state index contributed by atoms with van der Waals surface area (Å²) in [5.74, 6) is -2.31. The smallest absolute Gasteiger partial charge is 0.303 e. The van der Waals surface area contributed by atoms with Crippen LogP contribution in [0.2, 0.25) is 0 Å². The molecule has 10 heteroatoms. The van der Waals surface area contributed by atoms with Gasteiger partial charge in [-0.05, 0) is 0 Å². The van der Waals surface area contributed by atoms with Crippen LogP contribution in [0.3, 0.4) is 0 Å². The van der Waals surface area contributed by atoms with Crippen molar-refractivity contribution in [3.05, 3.63) is 0 Å². The first-order valence-corrected chi connectivity index (χ1v) is 7.60. The van der Waals surface area contributed by atoms with E-state index in [9.17, 15) is 19.2 Å². The fourth-order valence-corrected chi connectivity index (χ4v) is 2.45. The molecule has 0 saturated carbocycles. The van der Waals surface area contributed by atoms with Crippen LogP contribution in [-0.2, 0) is 42.9 Å². The maximum atomic E-state index is 11.5. The highest BCUT2D eigenvalue weighted by Gasteiger charge is 2.52. The third-order valence-electron chi connectivity index (χ3n) is 3.28. The third-order valence-corrected chi connectivity index (χ3v) is 3.28. The highest BCUT2D eigenvalue weighted by atomic mass is 16.7. The van der Waals surface area contributed by atoms with Gasteiger partial charge >= 0.3 is 17.9 Å². The van der Waals surface area contributed by atoms with Crippen LogP contribution < -0.4 is 5.32 Å². The Morgan fingerprint density at radius 2 is 1.32 bits per heavy atom. The number of methoxy groups -OCH3 is 1. The van der Waals surface area contributed by atoms with Crippen molar-refractivity contribution in [2.75, 3.05) is 13.7 Å². The summed E-state index contributed by atoms with van der Waals surface area (Å²) >= 11 is 0. The Morgan fingerprint density at radius 1 is 0.840 bits per heavy atom. The van der Waals surface area contributed by atoms with Gasteiger partial charge in [0.25, 0.3) is 0 Å². The number of amides is 1. The second-order valence-electron chi connectivity index (χ2n) is 5.44. The van der Waals surface area contributed by atoms with E-state index in [2.05, 4.69) is 5.32 Å². The van der Waals surface area contributed by atoms with E-state index in [1.54, 1.807) is 0 Å². The molecule has 1 fully saturated rings. The zero-order valence-electron chi connectivity index (χ0n) is 14.8. The Labute approximate surface area is 145 Å². The molecule has 1 N–H and O–H groups in total. The topological polar surface area (TPSA) is 126 Å². The third kappa shape index (κ3) is 6.31. The van der Waals surface area contributed by atoms with Crippen LogP contribution in [0.25, 0.3) is 0 Å². The van der Waals surface area contributed by atoms with Crippen molar-refractivity contribution in [1.29, 1.82) is 0 Å². The molecule has 0 aliphatic carbocycles. The molecule has 1 amide bonds. The van der Waals surface area contributed by atoms with Crippen LogP contribution in [0.4, 0.5) is 0 Å². The van der Waals surface area contributed by atoms with Crippen LogP contribution in [0.1, 0.15) is 27.7 Å². The molecule has 0 aromatic heterocycles. The van der Waals surface area contributed by atoms with Gasteiger partial charge < -0.3 is 29.0 Å². The number of rotatable bonds is 6.